The molecular formula is C13H14F6I2. The fourth-order valence-electron chi connectivity index (χ4n) is 1.39. The van der Waals surface area contributed by atoms with E-state index in [1.807, 2.05) is 0 Å². The first-order valence-electron chi connectivity index (χ1n) is 5.65. The summed E-state index contributed by atoms with van der Waals surface area (Å²) < 4.78 is 76.5. The molecule has 0 radical (unpaired) electrons. The van der Waals surface area contributed by atoms with E-state index in [1.165, 1.54) is 2.43 Å². The minimum Gasteiger partial charge on any atom is -0.166 e. The van der Waals surface area contributed by atoms with Crippen molar-refractivity contribution in [2.24, 2.45) is 0 Å². The molecule has 0 amide bonds. The Morgan fingerprint density at radius 2 is 0.952 bits per heavy atom. The van der Waals surface area contributed by atoms with Crippen LogP contribution in [-0.4, -0.2) is 2.43 Å². The van der Waals surface area contributed by atoms with E-state index in [0.29, 0.717) is 0 Å². The molecule has 0 nitrogen and oxygen atoms in total. The van der Waals surface area contributed by atoms with Crippen molar-refractivity contribution in [2.75, 3.05) is 2.43 Å². The van der Waals surface area contributed by atoms with Gasteiger partial charge in [0.05, 0.1) is 13.6 Å². The Morgan fingerprint density at radius 3 is 1.14 bits per heavy atom. The van der Waals surface area contributed by atoms with E-state index in [1.54, 1.807) is 20.8 Å². The number of halogens is 8. The summed E-state index contributed by atoms with van der Waals surface area (Å²) in [5.74, 6) is 0. The lowest BCUT2D eigenvalue weighted by Gasteiger charge is -2.22. The van der Waals surface area contributed by atoms with Gasteiger partial charge in [-0.2, -0.15) is 26.3 Å². The van der Waals surface area contributed by atoms with Crippen LogP contribution in [0.15, 0.2) is 18.2 Å². The Kier molecular flexibility index (Phi) is 7.79. The number of hydrogen-bond donors (Lipinski definition) is 0. The molecule has 21 heavy (non-hydrogen) atoms. The van der Waals surface area contributed by atoms with Crippen molar-refractivity contribution < 1.29 is 26.3 Å². The Morgan fingerprint density at radius 1 is 0.714 bits per heavy atom. The zero-order valence-electron chi connectivity index (χ0n) is 11.5. The minimum atomic E-state index is -4.79. The molecule has 8 heteroatoms. The number of rotatable bonds is 0. The van der Waals surface area contributed by atoms with Crippen molar-refractivity contribution in [1.29, 1.82) is 0 Å². The first-order valence-corrected chi connectivity index (χ1v) is 8.70. The molecule has 0 aliphatic carbocycles. The van der Waals surface area contributed by atoms with E-state index in [2.05, 4.69) is 45.2 Å². The lowest BCUT2D eigenvalue weighted by atomic mass is 9.85. The number of hydrogen-bond acceptors (Lipinski definition) is 0. The lowest BCUT2D eigenvalue weighted by Crippen LogP contribution is -2.17. The highest BCUT2D eigenvalue weighted by molar-refractivity contribution is 14.2. The molecule has 0 saturated heterocycles. The van der Waals surface area contributed by atoms with E-state index in [9.17, 15) is 26.3 Å². The maximum atomic E-state index is 12.6. The zero-order chi connectivity index (χ0) is 17.1. The quantitative estimate of drug-likeness (QED) is 0.193. The largest absolute Gasteiger partial charge is 0.416 e. The van der Waals surface area contributed by atoms with Crippen molar-refractivity contribution in [2.45, 2.75) is 38.5 Å². The van der Waals surface area contributed by atoms with Gasteiger partial charge in [0.25, 0.3) is 0 Å². The highest BCUT2D eigenvalue weighted by Crippen LogP contribution is 2.38. The molecule has 0 aliphatic rings. The maximum Gasteiger partial charge on any atom is 0.416 e. The van der Waals surface area contributed by atoms with Gasteiger partial charge < -0.3 is 0 Å². The van der Waals surface area contributed by atoms with Crippen LogP contribution in [0.25, 0.3) is 0 Å². The van der Waals surface area contributed by atoms with Gasteiger partial charge in [-0.05, 0) is 29.2 Å². The van der Waals surface area contributed by atoms with Crippen LogP contribution in [0.2, 0.25) is 0 Å². The van der Waals surface area contributed by atoms with Gasteiger partial charge in [-0.15, -0.1) is 0 Å². The molecule has 0 N–H and O–H groups in total. The zero-order valence-corrected chi connectivity index (χ0v) is 15.8. The Balaban J connectivity index is 0.00000122. The van der Waals surface area contributed by atoms with E-state index >= 15 is 0 Å². The van der Waals surface area contributed by atoms with Crippen molar-refractivity contribution in [1.82, 2.24) is 0 Å². The highest BCUT2D eigenvalue weighted by atomic mass is 127. The summed E-state index contributed by atoms with van der Waals surface area (Å²) >= 11 is 4.55. The van der Waals surface area contributed by atoms with E-state index in [4.69, 9.17) is 0 Å². The maximum absolute atomic E-state index is 12.6. The van der Waals surface area contributed by atoms with Crippen LogP contribution in [0.4, 0.5) is 26.3 Å². The van der Waals surface area contributed by atoms with Crippen molar-refractivity contribution >= 4 is 45.2 Å². The molecule has 0 saturated carbocycles. The van der Waals surface area contributed by atoms with Crippen molar-refractivity contribution in [3.05, 3.63) is 34.9 Å². The fourth-order valence-corrected chi connectivity index (χ4v) is 1.39. The van der Waals surface area contributed by atoms with Gasteiger partial charge in [0.15, 0.2) is 0 Å². The molecule has 1 aromatic rings. The normalized spacial score (nSPS) is 12.7. The van der Waals surface area contributed by atoms with Crippen LogP contribution in [-0.2, 0) is 17.8 Å². The summed E-state index contributed by atoms with van der Waals surface area (Å²) in [4.78, 5) is 0. The molecule has 0 aromatic heterocycles. The Labute approximate surface area is 147 Å². The predicted octanol–water partition coefficient (Wildman–Crippen LogP) is 6.84. The smallest absolute Gasteiger partial charge is 0.166 e. The van der Waals surface area contributed by atoms with Gasteiger partial charge in [-0.25, -0.2) is 0 Å². The molecule has 122 valence electrons. The predicted molar refractivity (Wildman–Crippen MR) is 88.1 cm³/mol. The molecule has 1 rings (SSSR count). The first-order chi connectivity index (χ1) is 9.23. The summed E-state index contributed by atoms with van der Waals surface area (Å²) in [6, 6.07) is 1.65. The lowest BCUT2D eigenvalue weighted by molar-refractivity contribution is -0.143. The van der Waals surface area contributed by atoms with Crippen LogP contribution >= 0.6 is 45.2 Å². The van der Waals surface area contributed by atoms with Gasteiger partial charge >= 0.3 is 12.4 Å². The molecule has 0 fully saturated rings. The average molecular weight is 538 g/mol. The van der Waals surface area contributed by atoms with E-state index in [0.717, 1.165) is 12.1 Å². The van der Waals surface area contributed by atoms with Crippen LogP contribution in [0.3, 0.4) is 0 Å². The third kappa shape index (κ3) is 7.38. The third-order valence-electron chi connectivity index (χ3n) is 2.45. The van der Waals surface area contributed by atoms with Gasteiger partial charge in [0.1, 0.15) is 0 Å². The number of alkyl halides is 8. The van der Waals surface area contributed by atoms with Gasteiger partial charge in [0.2, 0.25) is 0 Å². The standard InChI is InChI=1S/C12H12F6.CH2I2/c1-10(2,3)7-4-8(11(13,14)15)6-9(5-7)12(16,17)18;2-1-3/h4-6H,1-3H3;1H2. The summed E-state index contributed by atoms with van der Waals surface area (Å²) in [5, 5.41) is 0. The van der Waals surface area contributed by atoms with Gasteiger partial charge in [-0.3, -0.25) is 0 Å². The summed E-state index contributed by atoms with van der Waals surface area (Å²) in [6.45, 7) is 4.67. The molecule has 0 bridgehead atoms. The Bertz CT molecular complexity index is 378. The number of benzene rings is 1. The van der Waals surface area contributed by atoms with Crippen molar-refractivity contribution in [3.63, 3.8) is 0 Å². The summed E-state index contributed by atoms with van der Waals surface area (Å²) in [6.07, 6.45) is -9.58. The topological polar surface area (TPSA) is 0 Å². The fraction of sp³-hybridized carbons (Fsp3) is 0.538. The van der Waals surface area contributed by atoms with Crippen LogP contribution in [0, 0.1) is 0 Å². The molecule has 1 aromatic carbocycles. The molecule has 0 spiro atoms. The van der Waals surface area contributed by atoms with Crippen LogP contribution < -0.4 is 0 Å². The molecule has 0 aliphatic heterocycles. The average Bonchev–Trinajstić information content (AvgIpc) is 2.26. The second kappa shape index (κ2) is 7.69. The molecule has 0 atom stereocenters. The van der Waals surface area contributed by atoms with Crippen molar-refractivity contribution in [3.8, 4) is 0 Å². The third-order valence-corrected chi connectivity index (χ3v) is 2.45. The second-order valence-corrected chi connectivity index (χ2v) is 9.59. The van der Waals surface area contributed by atoms with Crippen LogP contribution in [0.5, 0.6) is 0 Å². The van der Waals surface area contributed by atoms with Gasteiger partial charge in [-0.1, -0.05) is 66.0 Å². The minimum absolute atomic E-state index is 0.00431. The Hall–Kier alpha value is 0.260. The first kappa shape index (κ1) is 21.3. The van der Waals surface area contributed by atoms with E-state index in [-0.39, 0.29) is 11.6 Å². The molecule has 0 heterocycles. The molecular weight excluding hydrogens is 524 g/mol. The van der Waals surface area contributed by atoms with Crippen LogP contribution in [0.1, 0.15) is 37.5 Å². The monoisotopic (exact) mass is 538 g/mol. The van der Waals surface area contributed by atoms with Gasteiger partial charge in [0, 0.05) is 0 Å². The molecule has 0 unspecified atom stereocenters. The second-order valence-electron chi connectivity index (χ2n) is 5.15. The van der Waals surface area contributed by atoms with E-state index < -0.39 is 28.9 Å². The SMILES string of the molecule is CC(C)(C)c1cc(C(F)(F)F)cc(C(F)(F)F)c1.ICI. The highest BCUT2D eigenvalue weighted by Gasteiger charge is 2.37. The summed E-state index contributed by atoms with van der Waals surface area (Å²) in [7, 11) is 0. The summed E-state index contributed by atoms with van der Waals surface area (Å²) in [5.41, 5.74) is -3.34.